The molecule has 4 aliphatic rings. The normalized spacial score (nSPS) is 40.6. The van der Waals surface area contributed by atoms with E-state index in [1.807, 2.05) is 37.3 Å². The Bertz CT molecular complexity index is 1200. The van der Waals surface area contributed by atoms with Crippen LogP contribution in [0.4, 0.5) is 0 Å². The fraction of sp³-hybridized carbons (Fsp3) is 0.607. The van der Waals surface area contributed by atoms with Gasteiger partial charge in [-0.15, -0.1) is 0 Å². The van der Waals surface area contributed by atoms with Crippen molar-refractivity contribution in [3.05, 3.63) is 41.7 Å². The summed E-state index contributed by atoms with van der Waals surface area (Å²) in [7, 11) is 0. The number of fused-ring (bicyclic) bond motifs is 6. The van der Waals surface area contributed by atoms with Crippen molar-refractivity contribution < 1.29 is 19.8 Å². The number of ketones is 1. The molecule has 1 aromatic heterocycles. The zero-order valence-corrected chi connectivity index (χ0v) is 20.5. The van der Waals surface area contributed by atoms with Crippen LogP contribution in [0.2, 0.25) is 0 Å². The maximum atomic E-state index is 13.5. The van der Waals surface area contributed by atoms with Crippen LogP contribution >= 0.6 is 0 Å². The van der Waals surface area contributed by atoms with Gasteiger partial charge in [0.25, 0.3) is 5.91 Å². The minimum atomic E-state index is -1.53. The third-order valence-electron chi connectivity index (χ3n) is 10.3. The van der Waals surface area contributed by atoms with Crippen LogP contribution in [-0.4, -0.2) is 43.6 Å². The van der Waals surface area contributed by atoms with Gasteiger partial charge in [-0.1, -0.05) is 31.6 Å². The van der Waals surface area contributed by atoms with Gasteiger partial charge in [-0.05, 0) is 79.9 Å². The summed E-state index contributed by atoms with van der Waals surface area (Å²) in [6.45, 7) is 4.43. The lowest BCUT2D eigenvalue weighted by atomic mass is 9.45. The van der Waals surface area contributed by atoms with E-state index in [1.165, 1.54) is 5.57 Å². The monoisotopic (exact) mass is 477 g/mol. The van der Waals surface area contributed by atoms with Crippen LogP contribution in [0.25, 0.3) is 11.0 Å². The van der Waals surface area contributed by atoms with Gasteiger partial charge >= 0.3 is 0 Å². The lowest BCUT2D eigenvalue weighted by Gasteiger charge is -2.60. The SMILES string of the molecule is CC12CCC(=O)C=C1CCC1C2[C@@H](O)CC2(C)C1CC[C@]2(O)C(=O)NCc1nc2ccccc2[nH]1. The number of nitrogens with zero attached hydrogens (tertiary/aromatic N) is 1. The minimum Gasteiger partial charge on any atom is -0.393 e. The molecule has 0 saturated heterocycles. The van der Waals surface area contributed by atoms with E-state index in [0.29, 0.717) is 25.1 Å². The van der Waals surface area contributed by atoms with E-state index in [9.17, 15) is 19.8 Å². The Morgan fingerprint density at radius 2 is 2.00 bits per heavy atom. The number of allylic oxidation sites excluding steroid dienone is 1. The summed E-state index contributed by atoms with van der Waals surface area (Å²) >= 11 is 0. The Morgan fingerprint density at radius 3 is 2.80 bits per heavy atom. The van der Waals surface area contributed by atoms with E-state index in [2.05, 4.69) is 22.2 Å². The van der Waals surface area contributed by atoms with Crippen molar-refractivity contribution in [2.24, 2.45) is 28.6 Å². The highest BCUT2D eigenvalue weighted by molar-refractivity contribution is 5.91. The number of aromatic nitrogens is 2. The molecule has 6 rings (SSSR count). The van der Waals surface area contributed by atoms with Crippen molar-refractivity contribution in [2.75, 3.05) is 0 Å². The quantitative estimate of drug-likeness (QED) is 0.541. The van der Waals surface area contributed by atoms with Crippen LogP contribution in [0.5, 0.6) is 0 Å². The summed E-state index contributed by atoms with van der Waals surface area (Å²) in [6.07, 6.45) is 5.85. The molecule has 3 saturated carbocycles. The fourth-order valence-electron chi connectivity index (χ4n) is 8.46. The zero-order valence-electron chi connectivity index (χ0n) is 20.5. The number of carbonyl (C=O) groups excluding carboxylic acids is 2. The molecule has 3 fully saturated rings. The Morgan fingerprint density at radius 1 is 1.20 bits per heavy atom. The van der Waals surface area contributed by atoms with E-state index in [0.717, 1.165) is 36.7 Å². The molecule has 0 spiro atoms. The summed E-state index contributed by atoms with van der Waals surface area (Å²) in [5.41, 5.74) is 0.529. The van der Waals surface area contributed by atoms with Gasteiger partial charge in [-0.2, -0.15) is 0 Å². The van der Waals surface area contributed by atoms with Crippen LogP contribution < -0.4 is 5.32 Å². The number of nitrogens with one attached hydrogen (secondary N) is 2. The van der Waals surface area contributed by atoms with E-state index in [4.69, 9.17) is 0 Å². The molecule has 0 bridgehead atoms. The van der Waals surface area contributed by atoms with Crippen LogP contribution in [0, 0.1) is 28.6 Å². The Balaban J connectivity index is 1.24. The third kappa shape index (κ3) is 3.20. The first-order valence-electron chi connectivity index (χ1n) is 13.0. The molecule has 0 radical (unpaired) electrons. The Hall–Kier alpha value is -2.51. The minimum absolute atomic E-state index is 0.0645. The van der Waals surface area contributed by atoms with Gasteiger partial charge in [-0.3, -0.25) is 9.59 Å². The third-order valence-corrected chi connectivity index (χ3v) is 10.3. The first-order valence-corrected chi connectivity index (χ1v) is 13.0. The first kappa shape index (κ1) is 22.9. The van der Waals surface area contributed by atoms with E-state index in [1.54, 1.807) is 0 Å². The molecule has 2 aromatic rings. The average molecular weight is 478 g/mol. The lowest BCUT2D eigenvalue weighted by molar-refractivity contribution is -0.182. The number of H-pyrrole nitrogens is 1. The predicted octanol–water partition coefficient (Wildman–Crippen LogP) is 3.41. The number of aliphatic hydroxyl groups is 2. The van der Waals surface area contributed by atoms with Crippen LogP contribution in [0.3, 0.4) is 0 Å². The molecule has 1 aromatic carbocycles. The number of aliphatic hydroxyl groups excluding tert-OH is 1. The number of hydrogen-bond donors (Lipinski definition) is 4. The molecule has 7 atom stereocenters. The molecule has 4 aliphatic carbocycles. The number of carbonyl (C=O) groups is 2. The van der Waals surface area contributed by atoms with Gasteiger partial charge in [0.1, 0.15) is 11.4 Å². The summed E-state index contributed by atoms with van der Waals surface area (Å²) in [5, 5.41) is 26.3. The molecule has 0 aliphatic heterocycles. The summed E-state index contributed by atoms with van der Waals surface area (Å²) in [5.74, 6) is 0.930. The molecule has 1 amide bonds. The lowest BCUT2D eigenvalue weighted by Crippen LogP contribution is -2.63. The molecule has 35 heavy (non-hydrogen) atoms. The van der Waals surface area contributed by atoms with Gasteiger partial charge in [0.15, 0.2) is 5.78 Å². The average Bonchev–Trinajstić information content (AvgIpc) is 3.36. The smallest absolute Gasteiger partial charge is 0.252 e. The largest absolute Gasteiger partial charge is 0.393 e. The molecule has 5 unspecified atom stereocenters. The van der Waals surface area contributed by atoms with Crippen molar-refractivity contribution in [1.29, 1.82) is 0 Å². The molecule has 7 heteroatoms. The first-order chi connectivity index (χ1) is 16.7. The number of imidazole rings is 1. The topological polar surface area (TPSA) is 115 Å². The highest BCUT2D eigenvalue weighted by Crippen LogP contribution is 2.67. The van der Waals surface area contributed by atoms with E-state index >= 15 is 0 Å². The standard InChI is InChI=1S/C28H35N3O4/c1-26-11-9-17(32)13-16(26)7-8-18-19-10-12-28(35,27(19,2)14-22(33)24(18)26)25(34)29-15-23-30-20-5-3-4-6-21(20)31-23/h3-6,13,18-19,22,24,33,35H,7-12,14-15H2,1-2H3,(H,29,34)(H,30,31)/t18?,19?,22-,24?,26?,27?,28-/m0/s1. The van der Waals surface area contributed by atoms with E-state index in [-0.39, 0.29) is 41.4 Å². The van der Waals surface area contributed by atoms with E-state index < -0.39 is 17.1 Å². The number of benzene rings is 1. The van der Waals surface area contributed by atoms with Crippen LogP contribution in [0.1, 0.15) is 64.6 Å². The summed E-state index contributed by atoms with van der Waals surface area (Å²) in [4.78, 5) is 33.3. The number of hydrogen-bond acceptors (Lipinski definition) is 5. The maximum absolute atomic E-state index is 13.5. The second-order valence-electron chi connectivity index (χ2n) is 11.9. The van der Waals surface area contributed by atoms with Crippen molar-refractivity contribution >= 4 is 22.7 Å². The Labute approximate surface area is 205 Å². The molecular weight excluding hydrogens is 442 g/mol. The number of rotatable bonds is 3. The second-order valence-corrected chi connectivity index (χ2v) is 11.9. The van der Waals surface area contributed by atoms with Crippen molar-refractivity contribution in [1.82, 2.24) is 15.3 Å². The molecule has 186 valence electrons. The zero-order chi connectivity index (χ0) is 24.6. The number of aromatic amines is 1. The van der Waals surface area contributed by atoms with Crippen molar-refractivity contribution in [3.63, 3.8) is 0 Å². The van der Waals surface area contributed by atoms with Gasteiger partial charge in [0, 0.05) is 11.8 Å². The summed E-state index contributed by atoms with van der Waals surface area (Å²) in [6, 6.07) is 7.71. The molecule has 7 nitrogen and oxygen atoms in total. The van der Waals surface area contributed by atoms with Crippen LogP contribution in [0.15, 0.2) is 35.9 Å². The van der Waals surface area contributed by atoms with Crippen LogP contribution in [-0.2, 0) is 16.1 Å². The molecule has 4 N–H and O–H groups in total. The molecule has 1 heterocycles. The maximum Gasteiger partial charge on any atom is 0.252 e. The number of para-hydroxylation sites is 2. The van der Waals surface area contributed by atoms with Crippen molar-refractivity contribution in [2.45, 2.75) is 77.0 Å². The van der Waals surface area contributed by atoms with Gasteiger partial charge < -0.3 is 20.5 Å². The second kappa shape index (κ2) is 7.74. The van der Waals surface area contributed by atoms with Gasteiger partial charge in [0.2, 0.25) is 0 Å². The molecular formula is C28H35N3O4. The highest BCUT2D eigenvalue weighted by Gasteiger charge is 2.68. The van der Waals surface area contributed by atoms with Crippen molar-refractivity contribution in [3.8, 4) is 0 Å². The van der Waals surface area contributed by atoms with Gasteiger partial charge in [-0.25, -0.2) is 4.98 Å². The Kier molecular flexibility index (Phi) is 5.07. The highest BCUT2D eigenvalue weighted by atomic mass is 16.3. The predicted molar refractivity (Wildman–Crippen MR) is 131 cm³/mol. The van der Waals surface area contributed by atoms with Gasteiger partial charge in [0.05, 0.1) is 23.7 Å². The fourth-order valence-corrected chi connectivity index (χ4v) is 8.46. The summed E-state index contributed by atoms with van der Waals surface area (Å²) < 4.78 is 0. The number of amides is 1.